The molecule has 1 heterocycles. The second-order valence-corrected chi connectivity index (χ2v) is 8.70. The van der Waals surface area contributed by atoms with E-state index in [-0.39, 0.29) is 31.1 Å². The lowest BCUT2D eigenvalue weighted by atomic mass is 9.43. The molecule has 3 unspecified atom stereocenters. The van der Waals surface area contributed by atoms with Crippen molar-refractivity contribution in [2.24, 2.45) is 22.7 Å². The quantitative estimate of drug-likeness (QED) is 0.756. The number of halogens is 3. The minimum absolute atomic E-state index is 0.0867. The molecule has 5 fully saturated rings. The highest BCUT2D eigenvalue weighted by atomic mass is 19.4. The van der Waals surface area contributed by atoms with Crippen LogP contribution in [0.5, 0.6) is 0 Å². The Morgan fingerprint density at radius 1 is 1.15 bits per heavy atom. The summed E-state index contributed by atoms with van der Waals surface area (Å²) in [4.78, 5) is 38.5. The molecule has 4 amide bonds. The second-order valence-electron chi connectivity index (χ2n) is 8.70. The van der Waals surface area contributed by atoms with Crippen molar-refractivity contribution in [3.05, 3.63) is 0 Å². The van der Waals surface area contributed by atoms with Crippen LogP contribution >= 0.6 is 0 Å². The van der Waals surface area contributed by atoms with Crippen LogP contribution in [0.4, 0.5) is 18.0 Å². The van der Waals surface area contributed by atoms with Gasteiger partial charge in [0.2, 0.25) is 5.91 Å². The van der Waals surface area contributed by atoms with Gasteiger partial charge in [0.15, 0.2) is 0 Å². The van der Waals surface area contributed by atoms with Crippen LogP contribution < -0.4 is 5.43 Å². The van der Waals surface area contributed by atoms with Gasteiger partial charge in [0, 0.05) is 7.05 Å². The number of urea groups is 1. The molecule has 1 saturated heterocycles. The van der Waals surface area contributed by atoms with Gasteiger partial charge in [0.05, 0.1) is 10.8 Å². The van der Waals surface area contributed by atoms with Crippen molar-refractivity contribution in [3.63, 3.8) is 0 Å². The molecule has 0 radical (unpaired) electrons. The summed E-state index contributed by atoms with van der Waals surface area (Å²) in [7, 11) is 1.44. The number of hydrogen-bond acceptors (Lipinski definition) is 3. The van der Waals surface area contributed by atoms with Gasteiger partial charge in [-0.25, -0.2) is 4.79 Å². The van der Waals surface area contributed by atoms with Gasteiger partial charge in [0.25, 0.3) is 5.91 Å². The maximum atomic E-state index is 13.8. The highest BCUT2D eigenvalue weighted by Gasteiger charge is 2.69. The van der Waals surface area contributed by atoms with Crippen molar-refractivity contribution >= 4 is 17.8 Å². The van der Waals surface area contributed by atoms with Gasteiger partial charge in [-0.2, -0.15) is 18.2 Å². The average Bonchev–Trinajstić information content (AvgIpc) is 2.70. The first-order valence-corrected chi connectivity index (χ1v) is 8.97. The standard InChI is InChI=1S/C17H22F3N3O3/c1-9-12(24)23(14(26)22(9)2)21-13(25)15-4-10-3-11(5-15)7-16(6-10,8-15)17(18,19)20/h9-11H,3-8H2,1-2H3,(H,21,25). The summed E-state index contributed by atoms with van der Waals surface area (Å²) in [6.07, 6.45) is -2.89. The lowest BCUT2D eigenvalue weighted by molar-refractivity contribution is -0.283. The molecule has 4 bridgehead atoms. The Morgan fingerprint density at radius 3 is 2.19 bits per heavy atom. The van der Waals surface area contributed by atoms with E-state index in [1.807, 2.05) is 0 Å². The van der Waals surface area contributed by atoms with Crippen LogP contribution in [0.3, 0.4) is 0 Å². The summed E-state index contributed by atoms with van der Waals surface area (Å²) in [5.74, 6) is -1.45. The van der Waals surface area contributed by atoms with Crippen LogP contribution in [0.15, 0.2) is 0 Å². The molecule has 5 rings (SSSR count). The lowest BCUT2D eigenvalue weighted by Gasteiger charge is -2.61. The number of hydrazine groups is 1. The Hall–Kier alpha value is -1.80. The number of rotatable bonds is 2. The Morgan fingerprint density at radius 2 is 1.73 bits per heavy atom. The summed E-state index contributed by atoms with van der Waals surface area (Å²) in [5, 5.41) is 0.659. The summed E-state index contributed by atoms with van der Waals surface area (Å²) >= 11 is 0. The van der Waals surface area contributed by atoms with E-state index in [0.29, 0.717) is 17.9 Å². The first kappa shape index (κ1) is 17.6. The number of amides is 4. The van der Waals surface area contributed by atoms with Gasteiger partial charge in [-0.05, 0) is 57.3 Å². The highest BCUT2D eigenvalue weighted by molar-refractivity contribution is 6.05. The molecule has 144 valence electrons. The van der Waals surface area contributed by atoms with Crippen molar-refractivity contribution in [1.29, 1.82) is 0 Å². The number of nitrogens with one attached hydrogen (secondary N) is 1. The van der Waals surface area contributed by atoms with E-state index in [2.05, 4.69) is 5.43 Å². The molecule has 5 aliphatic rings. The number of alkyl halides is 3. The van der Waals surface area contributed by atoms with Crippen molar-refractivity contribution in [2.45, 2.75) is 57.7 Å². The zero-order valence-electron chi connectivity index (χ0n) is 14.7. The van der Waals surface area contributed by atoms with E-state index in [9.17, 15) is 27.6 Å². The van der Waals surface area contributed by atoms with Crippen molar-refractivity contribution in [1.82, 2.24) is 15.3 Å². The number of imide groups is 1. The molecular formula is C17H22F3N3O3. The molecule has 26 heavy (non-hydrogen) atoms. The van der Waals surface area contributed by atoms with E-state index in [4.69, 9.17) is 0 Å². The molecule has 0 aromatic rings. The molecule has 4 saturated carbocycles. The molecular weight excluding hydrogens is 351 g/mol. The fourth-order valence-corrected chi connectivity index (χ4v) is 5.95. The van der Waals surface area contributed by atoms with Gasteiger partial charge in [-0.15, -0.1) is 0 Å². The summed E-state index contributed by atoms with van der Waals surface area (Å²) < 4.78 is 41.4. The number of hydrogen-bond donors (Lipinski definition) is 1. The van der Waals surface area contributed by atoms with Crippen LogP contribution in [-0.4, -0.2) is 47.0 Å². The number of carbonyl (C=O) groups is 3. The minimum atomic E-state index is -4.34. The molecule has 6 nitrogen and oxygen atoms in total. The van der Waals surface area contributed by atoms with Crippen LogP contribution in [0, 0.1) is 22.7 Å². The van der Waals surface area contributed by atoms with E-state index >= 15 is 0 Å². The van der Waals surface area contributed by atoms with Crippen LogP contribution in [0.1, 0.15) is 45.4 Å². The average molecular weight is 373 g/mol. The molecule has 0 aromatic carbocycles. The zero-order valence-corrected chi connectivity index (χ0v) is 14.7. The smallest absolute Gasteiger partial charge is 0.314 e. The van der Waals surface area contributed by atoms with Crippen molar-refractivity contribution in [2.75, 3.05) is 7.05 Å². The fraction of sp³-hybridized carbons (Fsp3) is 0.824. The molecule has 0 spiro atoms. The van der Waals surface area contributed by atoms with Crippen LogP contribution in [0.25, 0.3) is 0 Å². The van der Waals surface area contributed by atoms with Crippen LogP contribution in [-0.2, 0) is 9.59 Å². The van der Waals surface area contributed by atoms with Gasteiger partial charge >= 0.3 is 12.2 Å². The lowest BCUT2D eigenvalue weighted by Crippen LogP contribution is -2.63. The Bertz CT molecular complexity index is 658. The van der Waals surface area contributed by atoms with E-state index in [1.165, 1.54) is 18.9 Å². The molecule has 9 heteroatoms. The van der Waals surface area contributed by atoms with Gasteiger partial charge in [-0.3, -0.25) is 15.0 Å². The maximum Gasteiger partial charge on any atom is 0.394 e. The van der Waals surface area contributed by atoms with Gasteiger partial charge in [0.1, 0.15) is 6.04 Å². The van der Waals surface area contributed by atoms with E-state index in [0.717, 1.165) is 6.42 Å². The number of nitrogens with zero attached hydrogens (tertiary/aromatic N) is 2. The second kappa shape index (κ2) is 5.13. The summed E-state index contributed by atoms with van der Waals surface area (Å²) in [6, 6.07) is -1.37. The maximum absolute atomic E-state index is 13.8. The molecule has 3 atom stereocenters. The third-order valence-corrected chi connectivity index (χ3v) is 7.01. The van der Waals surface area contributed by atoms with Crippen molar-refractivity contribution < 1.29 is 27.6 Å². The summed E-state index contributed by atoms with van der Waals surface area (Å²) in [6.45, 7) is 1.54. The first-order chi connectivity index (χ1) is 12.0. The molecule has 0 aromatic heterocycles. The van der Waals surface area contributed by atoms with E-state index < -0.39 is 40.9 Å². The summed E-state index contributed by atoms with van der Waals surface area (Å²) in [5.41, 5.74) is -0.605. The largest absolute Gasteiger partial charge is 0.394 e. The van der Waals surface area contributed by atoms with Gasteiger partial charge in [-0.1, -0.05) is 0 Å². The predicted octanol–water partition coefficient (Wildman–Crippen LogP) is 2.45. The zero-order chi connectivity index (χ0) is 19.1. The predicted molar refractivity (Wildman–Crippen MR) is 83.2 cm³/mol. The number of likely N-dealkylation sites (N-methyl/N-ethyl adjacent to an activating group) is 1. The SMILES string of the molecule is CC1C(=O)N(NC(=O)C23CC4CC(C2)CC(C(F)(F)F)(C4)C3)C(=O)N1C. The Balaban J connectivity index is 1.60. The third kappa shape index (κ3) is 2.21. The minimum Gasteiger partial charge on any atom is -0.314 e. The first-order valence-electron chi connectivity index (χ1n) is 8.97. The topological polar surface area (TPSA) is 69.7 Å². The molecule has 1 aliphatic heterocycles. The van der Waals surface area contributed by atoms with Crippen molar-refractivity contribution in [3.8, 4) is 0 Å². The number of carbonyl (C=O) groups excluding carboxylic acids is 3. The molecule has 1 N–H and O–H groups in total. The Kier molecular flexibility index (Phi) is 3.48. The van der Waals surface area contributed by atoms with Gasteiger partial charge < -0.3 is 4.90 Å². The van der Waals surface area contributed by atoms with E-state index in [1.54, 1.807) is 0 Å². The normalized spacial score (nSPS) is 42.0. The Labute approximate surface area is 149 Å². The monoisotopic (exact) mass is 373 g/mol. The third-order valence-electron chi connectivity index (χ3n) is 7.01. The fourth-order valence-electron chi connectivity index (χ4n) is 5.95. The van der Waals surface area contributed by atoms with Crippen LogP contribution in [0.2, 0.25) is 0 Å². The highest BCUT2D eigenvalue weighted by Crippen LogP contribution is 2.69. The molecule has 4 aliphatic carbocycles.